The monoisotopic (exact) mass is 312 g/mol. The molecule has 1 unspecified atom stereocenters. The lowest BCUT2D eigenvalue weighted by Crippen LogP contribution is -2.61. The van der Waals surface area contributed by atoms with Gasteiger partial charge in [-0.2, -0.15) is 8.78 Å². The number of nitrogens with one attached hydrogen (secondary N) is 1. The highest BCUT2D eigenvalue weighted by Gasteiger charge is 2.54. The number of benzene rings is 1. The standard InChI is InChI=1S/C13H7F3N2O4/c14-6-3-1-2-5-8(6)11(21)18(10(5)20)7-4-13(15,16)12(22)17-9(7)19/h1-3,7H,4H2,(H,17,19,22). The van der Waals surface area contributed by atoms with E-state index in [1.54, 1.807) is 0 Å². The van der Waals surface area contributed by atoms with Crippen LogP contribution < -0.4 is 5.32 Å². The Labute approximate surface area is 120 Å². The summed E-state index contributed by atoms with van der Waals surface area (Å²) in [7, 11) is 0. The van der Waals surface area contributed by atoms with Gasteiger partial charge in [-0.1, -0.05) is 6.07 Å². The fourth-order valence-corrected chi connectivity index (χ4v) is 2.47. The molecule has 1 saturated heterocycles. The zero-order chi connectivity index (χ0) is 16.2. The second kappa shape index (κ2) is 4.39. The summed E-state index contributed by atoms with van der Waals surface area (Å²) in [5, 5.41) is 1.41. The van der Waals surface area contributed by atoms with Crippen LogP contribution in [-0.2, 0) is 9.59 Å². The molecular formula is C13H7F3N2O4. The third-order valence-corrected chi connectivity index (χ3v) is 3.53. The normalized spacial score (nSPS) is 23.6. The topological polar surface area (TPSA) is 83.6 Å². The van der Waals surface area contributed by atoms with Gasteiger partial charge in [0.1, 0.15) is 11.9 Å². The predicted molar refractivity (Wildman–Crippen MR) is 63.4 cm³/mol. The van der Waals surface area contributed by atoms with E-state index in [0.717, 1.165) is 12.1 Å². The maximum absolute atomic E-state index is 13.7. The zero-order valence-electron chi connectivity index (χ0n) is 10.7. The van der Waals surface area contributed by atoms with Gasteiger partial charge in [0.2, 0.25) is 5.91 Å². The van der Waals surface area contributed by atoms with E-state index in [1.165, 1.54) is 11.4 Å². The number of nitrogens with zero attached hydrogens (tertiary/aromatic N) is 1. The van der Waals surface area contributed by atoms with Gasteiger partial charge in [-0.15, -0.1) is 0 Å². The fourth-order valence-electron chi connectivity index (χ4n) is 2.47. The van der Waals surface area contributed by atoms with Crippen molar-refractivity contribution in [2.24, 2.45) is 0 Å². The van der Waals surface area contributed by atoms with Gasteiger partial charge in [0.05, 0.1) is 17.5 Å². The summed E-state index contributed by atoms with van der Waals surface area (Å²) in [5.41, 5.74) is -0.876. The van der Waals surface area contributed by atoms with Crippen LogP contribution in [0.2, 0.25) is 0 Å². The number of rotatable bonds is 1. The molecule has 0 aromatic heterocycles. The molecule has 22 heavy (non-hydrogen) atoms. The lowest BCUT2D eigenvalue weighted by atomic mass is 10.0. The van der Waals surface area contributed by atoms with Gasteiger partial charge in [-0.05, 0) is 12.1 Å². The molecule has 1 aromatic carbocycles. The summed E-state index contributed by atoms with van der Waals surface area (Å²) in [5.74, 6) is -10.1. The minimum Gasteiger partial charge on any atom is -0.289 e. The number of imide groups is 2. The van der Waals surface area contributed by atoms with Crippen LogP contribution in [0.4, 0.5) is 13.2 Å². The first kappa shape index (κ1) is 14.2. The Morgan fingerprint density at radius 2 is 1.82 bits per heavy atom. The van der Waals surface area contributed by atoms with Crippen LogP contribution in [0.3, 0.4) is 0 Å². The Balaban J connectivity index is 2.02. The molecule has 1 fully saturated rings. The first-order valence-electron chi connectivity index (χ1n) is 6.13. The van der Waals surface area contributed by atoms with Crippen molar-refractivity contribution in [3.63, 3.8) is 0 Å². The van der Waals surface area contributed by atoms with E-state index >= 15 is 0 Å². The number of carbonyl (C=O) groups excluding carboxylic acids is 4. The molecule has 1 aromatic rings. The van der Waals surface area contributed by atoms with Gasteiger partial charge >= 0.3 is 5.92 Å². The second-order valence-electron chi connectivity index (χ2n) is 4.89. The highest BCUT2D eigenvalue weighted by Crippen LogP contribution is 2.33. The van der Waals surface area contributed by atoms with E-state index in [0.29, 0.717) is 0 Å². The molecule has 3 rings (SSSR count). The van der Waals surface area contributed by atoms with Crippen molar-refractivity contribution in [2.75, 3.05) is 0 Å². The van der Waals surface area contributed by atoms with E-state index in [9.17, 15) is 32.3 Å². The number of hydrogen-bond acceptors (Lipinski definition) is 4. The lowest BCUT2D eigenvalue weighted by molar-refractivity contribution is -0.159. The minimum atomic E-state index is -3.91. The molecule has 1 atom stereocenters. The van der Waals surface area contributed by atoms with Crippen LogP contribution in [0.5, 0.6) is 0 Å². The van der Waals surface area contributed by atoms with Gasteiger partial charge in [0.15, 0.2) is 0 Å². The molecular weight excluding hydrogens is 305 g/mol. The van der Waals surface area contributed by atoms with Crippen LogP contribution in [0.25, 0.3) is 0 Å². The van der Waals surface area contributed by atoms with Crippen molar-refractivity contribution in [3.05, 3.63) is 35.1 Å². The highest BCUT2D eigenvalue weighted by atomic mass is 19.3. The van der Waals surface area contributed by atoms with Gasteiger partial charge in [-0.25, -0.2) is 4.39 Å². The molecule has 0 spiro atoms. The Hall–Kier alpha value is -2.71. The van der Waals surface area contributed by atoms with E-state index in [-0.39, 0.29) is 10.5 Å². The number of fused-ring (bicyclic) bond motifs is 1. The second-order valence-corrected chi connectivity index (χ2v) is 4.89. The number of alkyl halides is 2. The van der Waals surface area contributed by atoms with Crippen LogP contribution in [0, 0.1) is 5.82 Å². The zero-order valence-corrected chi connectivity index (χ0v) is 10.7. The van der Waals surface area contributed by atoms with E-state index < -0.39 is 53.4 Å². The van der Waals surface area contributed by atoms with E-state index in [1.807, 2.05) is 0 Å². The summed E-state index contributed by atoms with van der Waals surface area (Å²) >= 11 is 0. The van der Waals surface area contributed by atoms with Crippen molar-refractivity contribution in [3.8, 4) is 0 Å². The number of amides is 4. The summed E-state index contributed by atoms with van der Waals surface area (Å²) in [4.78, 5) is 47.2. The van der Waals surface area contributed by atoms with E-state index in [2.05, 4.69) is 0 Å². The molecule has 0 bridgehead atoms. The third kappa shape index (κ3) is 1.81. The number of halogens is 3. The Kier molecular flexibility index (Phi) is 2.84. The van der Waals surface area contributed by atoms with Crippen LogP contribution in [0.15, 0.2) is 18.2 Å². The summed E-state index contributed by atoms with van der Waals surface area (Å²) in [6.07, 6.45) is -1.33. The van der Waals surface area contributed by atoms with Crippen LogP contribution in [-0.4, -0.2) is 40.5 Å². The van der Waals surface area contributed by atoms with Gasteiger partial charge in [0.25, 0.3) is 17.7 Å². The molecule has 6 nitrogen and oxygen atoms in total. The van der Waals surface area contributed by atoms with Crippen molar-refractivity contribution in [1.82, 2.24) is 10.2 Å². The molecule has 2 heterocycles. The Bertz CT molecular complexity index is 747. The summed E-state index contributed by atoms with van der Waals surface area (Å²) in [6, 6.07) is 1.40. The Morgan fingerprint density at radius 3 is 2.45 bits per heavy atom. The molecule has 0 aliphatic carbocycles. The first-order valence-corrected chi connectivity index (χ1v) is 6.13. The van der Waals surface area contributed by atoms with Gasteiger partial charge < -0.3 is 0 Å². The van der Waals surface area contributed by atoms with E-state index in [4.69, 9.17) is 0 Å². The molecule has 2 aliphatic rings. The number of piperidine rings is 1. The summed E-state index contributed by atoms with van der Waals surface area (Å²) < 4.78 is 40.6. The fraction of sp³-hybridized carbons (Fsp3) is 0.231. The Morgan fingerprint density at radius 1 is 1.14 bits per heavy atom. The van der Waals surface area contributed by atoms with Crippen LogP contribution >= 0.6 is 0 Å². The van der Waals surface area contributed by atoms with Gasteiger partial charge in [-0.3, -0.25) is 29.4 Å². The average molecular weight is 312 g/mol. The van der Waals surface area contributed by atoms with Gasteiger partial charge in [0, 0.05) is 0 Å². The molecule has 9 heteroatoms. The van der Waals surface area contributed by atoms with Crippen LogP contribution in [0.1, 0.15) is 27.1 Å². The predicted octanol–water partition coefficient (Wildman–Crippen LogP) is 0.472. The highest BCUT2D eigenvalue weighted by molar-refractivity contribution is 6.23. The van der Waals surface area contributed by atoms with Crippen molar-refractivity contribution in [1.29, 1.82) is 0 Å². The molecule has 0 radical (unpaired) electrons. The number of carbonyl (C=O) groups is 4. The molecule has 0 saturated carbocycles. The maximum Gasteiger partial charge on any atom is 0.327 e. The molecule has 114 valence electrons. The smallest absolute Gasteiger partial charge is 0.289 e. The minimum absolute atomic E-state index is 0.267. The van der Waals surface area contributed by atoms with Crippen molar-refractivity contribution < 1.29 is 32.3 Å². The average Bonchev–Trinajstić information content (AvgIpc) is 2.68. The maximum atomic E-state index is 13.7. The van der Waals surface area contributed by atoms with Crippen molar-refractivity contribution >= 4 is 23.6 Å². The quantitative estimate of drug-likeness (QED) is 0.764. The largest absolute Gasteiger partial charge is 0.327 e. The number of hydrogen-bond donors (Lipinski definition) is 1. The summed E-state index contributed by atoms with van der Waals surface area (Å²) in [6.45, 7) is 0. The lowest BCUT2D eigenvalue weighted by Gasteiger charge is -2.31. The third-order valence-electron chi connectivity index (χ3n) is 3.53. The SMILES string of the molecule is O=C1NC(=O)C(F)(F)CC1N1C(=O)c2cccc(F)c2C1=O. The molecule has 2 aliphatic heterocycles. The first-order chi connectivity index (χ1) is 10.2. The molecule has 4 amide bonds. The van der Waals surface area contributed by atoms with Crippen molar-refractivity contribution in [2.45, 2.75) is 18.4 Å². The molecule has 1 N–H and O–H groups in total.